The first-order valence-corrected chi connectivity index (χ1v) is 9.70. The van der Waals surface area contributed by atoms with Crippen molar-refractivity contribution >= 4 is 45.1 Å². The van der Waals surface area contributed by atoms with Crippen LogP contribution in [0.2, 0.25) is 5.02 Å². The maximum absolute atomic E-state index is 11.9. The number of carbonyl (C=O) groups excluding carboxylic acids is 1. The van der Waals surface area contributed by atoms with E-state index in [9.17, 15) is 4.79 Å². The number of fused-ring (bicyclic) bond motifs is 2. The first-order valence-electron chi connectivity index (χ1n) is 9.33. The molecule has 0 bridgehead atoms. The summed E-state index contributed by atoms with van der Waals surface area (Å²) in [7, 11) is 3.39. The van der Waals surface area contributed by atoms with E-state index in [4.69, 9.17) is 25.7 Å². The van der Waals surface area contributed by atoms with Crippen molar-refractivity contribution in [1.82, 2.24) is 4.98 Å². The standard InChI is InChI=1S/C23H21ClN2O3/c1-13(2)26(3)19-11-15-9-14(23(27)28-4)5-7-18(15)25-22(19)21-12-16-10-17(24)6-8-20(16)29-21/h5-13H,1-4H3. The van der Waals surface area contributed by atoms with Crippen molar-refractivity contribution in [2.75, 3.05) is 19.1 Å². The van der Waals surface area contributed by atoms with Gasteiger partial charge in [0, 0.05) is 28.9 Å². The van der Waals surface area contributed by atoms with Gasteiger partial charge < -0.3 is 14.1 Å². The van der Waals surface area contributed by atoms with Gasteiger partial charge in [0.05, 0.1) is 23.9 Å². The van der Waals surface area contributed by atoms with E-state index in [1.165, 1.54) is 7.11 Å². The smallest absolute Gasteiger partial charge is 0.337 e. The number of rotatable bonds is 4. The van der Waals surface area contributed by atoms with E-state index in [0.29, 0.717) is 16.3 Å². The first-order chi connectivity index (χ1) is 13.9. The van der Waals surface area contributed by atoms with Crippen molar-refractivity contribution in [2.24, 2.45) is 0 Å². The van der Waals surface area contributed by atoms with Crippen LogP contribution < -0.4 is 4.90 Å². The summed E-state index contributed by atoms with van der Waals surface area (Å²) in [6.07, 6.45) is 0. The van der Waals surface area contributed by atoms with E-state index in [2.05, 4.69) is 18.7 Å². The van der Waals surface area contributed by atoms with Gasteiger partial charge in [0.2, 0.25) is 0 Å². The number of methoxy groups -OCH3 is 1. The number of nitrogens with zero attached hydrogens (tertiary/aromatic N) is 2. The zero-order valence-electron chi connectivity index (χ0n) is 16.7. The molecule has 6 heteroatoms. The van der Waals surface area contributed by atoms with Crippen LogP contribution in [0.5, 0.6) is 0 Å². The average molecular weight is 409 g/mol. The van der Waals surface area contributed by atoms with Gasteiger partial charge in [0.15, 0.2) is 5.76 Å². The summed E-state index contributed by atoms with van der Waals surface area (Å²) in [5.41, 5.74) is 3.68. The predicted octanol–water partition coefficient (Wildman–Crippen LogP) is 5.93. The molecule has 0 atom stereocenters. The van der Waals surface area contributed by atoms with Gasteiger partial charge >= 0.3 is 5.97 Å². The molecule has 2 aromatic heterocycles. The molecule has 0 fully saturated rings. The second-order valence-corrected chi connectivity index (χ2v) is 7.69. The van der Waals surface area contributed by atoms with Crippen molar-refractivity contribution in [3.05, 3.63) is 59.1 Å². The van der Waals surface area contributed by atoms with Crippen molar-refractivity contribution in [3.63, 3.8) is 0 Å². The minimum Gasteiger partial charge on any atom is -0.465 e. The predicted molar refractivity (Wildman–Crippen MR) is 117 cm³/mol. The Morgan fingerprint density at radius 3 is 2.62 bits per heavy atom. The molecule has 0 radical (unpaired) electrons. The Bertz CT molecular complexity index is 1230. The molecule has 4 rings (SSSR count). The van der Waals surface area contributed by atoms with Gasteiger partial charge in [-0.2, -0.15) is 0 Å². The highest BCUT2D eigenvalue weighted by Gasteiger charge is 2.19. The fraction of sp³-hybridized carbons (Fsp3) is 0.217. The van der Waals surface area contributed by atoms with E-state index in [1.807, 2.05) is 37.4 Å². The number of halogens is 1. The lowest BCUT2D eigenvalue weighted by Crippen LogP contribution is -2.26. The lowest BCUT2D eigenvalue weighted by atomic mass is 10.1. The molecule has 29 heavy (non-hydrogen) atoms. The molecule has 0 N–H and O–H groups in total. The SMILES string of the molecule is COC(=O)c1ccc2nc(-c3cc4cc(Cl)ccc4o3)c(N(C)C(C)C)cc2c1. The van der Waals surface area contributed by atoms with E-state index in [-0.39, 0.29) is 12.0 Å². The number of esters is 1. The minimum atomic E-state index is -0.371. The Labute approximate surface area is 173 Å². The molecule has 0 unspecified atom stereocenters. The molecule has 0 aliphatic heterocycles. The van der Waals surface area contributed by atoms with Gasteiger partial charge in [0.25, 0.3) is 0 Å². The first kappa shape index (κ1) is 19.3. The second kappa shape index (κ2) is 7.41. The Morgan fingerprint density at radius 2 is 1.90 bits per heavy atom. The highest BCUT2D eigenvalue weighted by molar-refractivity contribution is 6.31. The third-order valence-corrected chi connectivity index (χ3v) is 5.32. The summed E-state index contributed by atoms with van der Waals surface area (Å²) in [5, 5.41) is 2.44. The van der Waals surface area contributed by atoms with Crippen LogP contribution in [0, 0.1) is 0 Å². The Morgan fingerprint density at radius 1 is 1.10 bits per heavy atom. The lowest BCUT2D eigenvalue weighted by Gasteiger charge is -2.25. The monoisotopic (exact) mass is 408 g/mol. The van der Waals surface area contributed by atoms with Gasteiger partial charge in [-0.05, 0) is 62.4 Å². The van der Waals surface area contributed by atoms with Gasteiger partial charge in [0.1, 0.15) is 11.3 Å². The number of benzene rings is 2. The molecule has 0 spiro atoms. The molecule has 148 valence electrons. The minimum absolute atomic E-state index is 0.246. The second-order valence-electron chi connectivity index (χ2n) is 7.25. The van der Waals surface area contributed by atoms with Crippen LogP contribution in [0.3, 0.4) is 0 Å². The van der Waals surface area contributed by atoms with Crippen molar-refractivity contribution < 1.29 is 13.9 Å². The summed E-state index contributed by atoms with van der Waals surface area (Å²) in [5.74, 6) is 0.299. The number of hydrogen-bond acceptors (Lipinski definition) is 5. The third kappa shape index (κ3) is 3.54. The Kier molecular flexibility index (Phi) is 4.92. The van der Waals surface area contributed by atoms with Gasteiger partial charge in [-0.1, -0.05) is 11.6 Å². The van der Waals surface area contributed by atoms with E-state index >= 15 is 0 Å². The van der Waals surface area contributed by atoms with Gasteiger partial charge in [-0.3, -0.25) is 0 Å². The molecule has 0 aliphatic carbocycles. The molecule has 0 amide bonds. The summed E-state index contributed by atoms with van der Waals surface area (Å²) in [6.45, 7) is 4.22. The normalized spacial score (nSPS) is 11.4. The van der Waals surface area contributed by atoms with Crippen molar-refractivity contribution in [1.29, 1.82) is 0 Å². The number of pyridine rings is 1. The number of ether oxygens (including phenoxy) is 1. The van der Waals surface area contributed by atoms with Crippen molar-refractivity contribution in [2.45, 2.75) is 19.9 Å². The third-order valence-electron chi connectivity index (χ3n) is 5.08. The summed E-state index contributed by atoms with van der Waals surface area (Å²) >= 11 is 6.12. The van der Waals surface area contributed by atoms with Crippen LogP contribution in [0.4, 0.5) is 5.69 Å². The van der Waals surface area contributed by atoms with E-state index < -0.39 is 0 Å². The summed E-state index contributed by atoms with van der Waals surface area (Å²) in [6, 6.07) is 15.1. The maximum atomic E-state index is 11.9. The molecule has 5 nitrogen and oxygen atoms in total. The number of furan rings is 1. The largest absolute Gasteiger partial charge is 0.465 e. The van der Waals surface area contributed by atoms with Crippen LogP contribution in [-0.4, -0.2) is 31.2 Å². The van der Waals surface area contributed by atoms with E-state index in [0.717, 1.165) is 33.3 Å². The van der Waals surface area contributed by atoms with Crippen molar-refractivity contribution in [3.8, 4) is 11.5 Å². The molecule has 2 aromatic carbocycles. The zero-order chi connectivity index (χ0) is 20.7. The summed E-state index contributed by atoms with van der Waals surface area (Å²) in [4.78, 5) is 18.9. The molecule has 2 heterocycles. The van der Waals surface area contributed by atoms with Crippen LogP contribution in [0.15, 0.2) is 52.9 Å². The van der Waals surface area contributed by atoms with Gasteiger partial charge in [-0.15, -0.1) is 0 Å². The highest BCUT2D eigenvalue weighted by atomic mass is 35.5. The number of carbonyl (C=O) groups is 1. The number of anilines is 1. The molecule has 0 saturated carbocycles. The van der Waals surface area contributed by atoms with Crippen LogP contribution >= 0.6 is 11.6 Å². The van der Waals surface area contributed by atoms with E-state index in [1.54, 1.807) is 18.2 Å². The fourth-order valence-electron chi connectivity index (χ4n) is 3.27. The van der Waals surface area contributed by atoms with Gasteiger partial charge in [-0.25, -0.2) is 9.78 Å². The Hall–Kier alpha value is -3.05. The quantitative estimate of drug-likeness (QED) is 0.391. The van der Waals surface area contributed by atoms with Crippen LogP contribution in [0.1, 0.15) is 24.2 Å². The topological polar surface area (TPSA) is 55.6 Å². The molecular weight excluding hydrogens is 388 g/mol. The maximum Gasteiger partial charge on any atom is 0.337 e. The summed E-state index contributed by atoms with van der Waals surface area (Å²) < 4.78 is 10.9. The Balaban J connectivity index is 1.94. The number of aromatic nitrogens is 1. The van der Waals surface area contributed by atoms with Crippen LogP contribution in [0.25, 0.3) is 33.3 Å². The molecule has 0 aliphatic rings. The average Bonchev–Trinajstić information content (AvgIpc) is 3.14. The zero-order valence-corrected chi connectivity index (χ0v) is 17.4. The lowest BCUT2D eigenvalue weighted by molar-refractivity contribution is 0.0601. The van der Waals surface area contributed by atoms with Crippen LogP contribution in [-0.2, 0) is 4.74 Å². The molecular formula is C23H21ClN2O3. The molecule has 0 saturated heterocycles. The highest BCUT2D eigenvalue weighted by Crippen LogP contribution is 2.36. The fourth-order valence-corrected chi connectivity index (χ4v) is 3.45. The molecule has 4 aromatic rings. The number of hydrogen-bond donors (Lipinski definition) is 0.